The van der Waals surface area contributed by atoms with Crippen LogP contribution in [-0.4, -0.2) is 30.9 Å². The summed E-state index contributed by atoms with van der Waals surface area (Å²) < 4.78 is 0. The van der Waals surface area contributed by atoms with Gasteiger partial charge in [-0.3, -0.25) is 9.59 Å². The molecule has 1 saturated heterocycles. The van der Waals surface area contributed by atoms with E-state index in [1.807, 2.05) is 6.07 Å². The molecule has 106 valence electrons. The number of carbonyl (C=O) groups excluding carboxylic acids is 2. The topological polar surface area (TPSA) is 75.4 Å². The number of nitrogens with one attached hydrogen (secondary N) is 1. The maximum absolute atomic E-state index is 12.6. The van der Waals surface area contributed by atoms with Crippen LogP contribution < -0.4 is 16.0 Å². The fourth-order valence-corrected chi connectivity index (χ4v) is 3.01. The number of carbonyl (C=O) groups is 2. The van der Waals surface area contributed by atoms with E-state index in [1.54, 1.807) is 17.0 Å². The molecule has 2 aliphatic rings. The van der Waals surface area contributed by atoms with E-state index in [-0.39, 0.29) is 11.9 Å². The maximum Gasteiger partial charge on any atom is 0.248 e. The molecule has 0 unspecified atom stereocenters. The van der Waals surface area contributed by atoms with Crippen molar-refractivity contribution in [2.75, 3.05) is 18.0 Å². The molecular formula is C15H19N3O2. The van der Waals surface area contributed by atoms with Crippen molar-refractivity contribution in [1.82, 2.24) is 5.32 Å². The summed E-state index contributed by atoms with van der Waals surface area (Å²) in [5, 5.41) is 3.28. The van der Waals surface area contributed by atoms with Crippen molar-refractivity contribution >= 4 is 17.5 Å². The van der Waals surface area contributed by atoms with Crippen molar-refractivity contribution < 1.29 is 9.59 Å². The number of nitrogens with zero attached hydrogens (tertiary/aromatic N) is 1. The van der Waals surface area contributed by atoms with Crippen LogP contribution in [0.25, 0.3) is 0 Å². The molecule has 1 aromatic rings. The minimum atomic E-state index is -0.456. The Balaban J connectivity index is 1.85. The van der Waals surface area contributed by atoms with Crippen molar-refractivity contribution in [3.63, 3.8) is 0 Å². The number of hydrogen-bond acceptors (Lipinski definition) is 3. The minimum Gasteiger partial charge on any atom is -0.366 e. The Bertz CT molecular complexity index is 550. The molecule has 0 aliphatic carbocycles. The van der Waals surface area contributed by atoms with Gasteiger partial charge in [-0.1, -0.05) is 12.5 Å². The second kappa shape index (κ2) is 5.25. The molecule has 2 heterocycles. The van der Waals surface area contributed by atoms with E-state index in [2.05, 4.69) is 5.32 Å². The number of piperidine rings is 1. The number of fused-ring (bicyclic) bond motifs is 1. The Labute approximate surface area is 118 Å². The zero-order valence-electron chi connectivity index (χ0n) is 11.4. The monoisotopic (exact) mass is 273 g/mol. The second-order valence-electron chi connectivity index (χ2n) is 5.45. The van der Waals surface area contributed by atoms with Gasteiger partial charge in [0.15, 0.2) is 0 Å². The number of anilines is 1. The summed E-state index contributed by atoms with van der Waals surface area (Å²) in [5.41, 5.74) is 7.73. The summed E-state index contributed by atoms with van der Waals surface area (Å²) in [6.45, 7) is 1.59. The van der Waals surface area contributed by atoms with Gasteiger partial charge in [-0.05, 0) is 43.5 Å². The van der Waals surface area contributed by atoms with Crippen molar-refractivity contribution in [2.45, 2.75) is 31.7 Å². The van der Waals surface area contributed by atoms with Gasteiger partial charge in [-0.25, -0.2) is 0 Å². The van der Waals surface area contributed by atoms with E-state index in [0.717, 1.165) is 43.5 Å². The molecule has 1 atom stereocenters. The van der Waals surface area contributed by atoms with E-state index in [4.69, 9.17) is 5.73 Å². The van der Waals surface area contributed by atoms with Gasteiger partial charge in [0.05, 0.1) is 6.04 Å². The zero-order chi connectivity index (χ0) is 14.1. The molecule has 1 aromatic carbocycles. The van der Waals surface area contributed by atoms with E-state index in [9.17, 15) is 9.59 Å². The molecule has 0 radical (unpaired) electrons. The predicted octanol–water partition coefficient (Wildman–Crippen LogP) is 0.817. The second-order valence-corrected chi connectivity index (χ2v) is 5.45. The van der Waals surface area contributed by atoms with Gasteiger partial charge in [-0.2, -0.15) is 0 Å². The van der Waals surface area contributed by atoms with Crippen LogP contribution in [0, 0.1) is 0 Å². The first kappa shape index (κ1) is 13.1. The molecule has 3 N–H and O–H groups in total. The van der Waals surface area contributed by atoms with Crippen LogP contribution >= 0.6 is 0 Å². The number of benzene rings is 1. The molecule has 2 amide bonds. The van der Waals surface area contributed by atoms with E-state index >= 15 is 0 Å². The first-order chi connectivity index (χ1) is 9.66. The Hall–Kier alpha value is -1.88. The number of primary amides is 1. The Morgan fingerprint density at radius 2 is 2.15 bits per heavy atom. The predicted molar refractivity (Wildman–Crippen MR) is 76.7 cm³/mol. The molecule has 2 aliphatic heterocycles. The maximum atomic E-state index is 12.6. The number of rotatable bonds is 2. The van der Waals surface area contributed by atoms with Gasteiger partial charge < -0.3 is 16.0 Å². The third-order valence-electron chi connectivity index (χ3n) is 4.14. The van der Waals surface area contributed by atoms with Crippen molar-refractivity contribution in [3.05, 3.63) is 29.3 Å². The van der Waals surface area contributed by atoms with Crippen LogP contribution in [0.1, 0.15) is 35.2 Å². The molecule has 5 heteroatoms. The average molecular weight is 273 g/mol. The third-order valence-corrected chi connectivity index (χ3v) is 4.14. The van der Waals surface area contributed by atoms with E-state index in [1.165, 1.54) is 0 Å². The van der Waals surface area contributed by atoms with Gasteiger partial charge in [0.1, 0.15) is 0 Å². The molecular weight excluding hydrogens is 254 g/mol. The molecule has 20 heavy (non-hydrogen) atoms. The first-order valence-electron chi connectivity index (χ1n) is 7.14. The van der Waals surface area contributed by atoms with Gasteiger partial charge in [-0.15, -0.1) is 0 Å². The normalized spacial score (nSPS) is 21.6. The molecule has 0 spiro atoms. The summed E-state index contributed by atoms with van der Waals surface area (Å²) in [6.07, 6.45) is 3.95. The lowest BCUT2D eigenvalue weighted by atomic mass is 10.0. The number of nitrogens with two attached hydrogens (primary N) is 1. The van der Waals surface area contributed by atoms with Crippen LogP contribution in [-0.2, 0) is 11.2 Å². The SMILES string of the molecule is NC(=O)c1ccc2c(c1)N(C(=O)[C@H]1CCCCN1)CC2. The average Bonchev–Trinajstić information content (AvgIpc) is 2.90. The van der Waals surface area contributed by atoms with Crippen LogP contribution in [0.3, 0.4) is 0 Å². The largest absolute Gasteiger partial charge is 0.366 e. The molecule has 1 fully saturated rings. The third kappa shape index (κ3) is 2.29. The summed E-state index contributed by atoms with van der Waals surface area (Å²) in [7, 11) is 0. The Morgan fingerprint density at radius 3 is 2.85 bits per heavy atom. The lowest BCUT2D eigenvalue weighted by molar-refractivity contribution is -0.121. The minimum absolute atomic E-state index is 0.0908. The highest BCUT2D eigenvalue weighted by Crippen LogP contribution is 2.30. The van der Waals surface area contributed by atoms with E-state index in [0.29, 0.717) is 12.1 Å². The summed E-state index contributed by atoms with van der Waals surface area (Å²) in [5.74, 6) is -0.340. The molecule has 0 bridgehead atoms. The highest BCUT2D eigenvalue weighted by atomic mass is 16.2. The Kier molecular flexibility index (Phi) is 3.44. The number of hydrogen-bond donors (Lipinski definition) is 2. The van der Waals surface area contributed by atoms with Gasteiger partial charge >= 0.3 is 0 Å². The Morgan fingerprint density at radius 1 is 1.30 bits per heavy atom. The first-order valence-corrected chi connectivity index (χ1v) is 7.14. The van der Waals surface area contributed by atoms with Gasteiger partial charge in [0, 0.05) is 17.8 Å². The fraction of sp³-hybridized carbons (Fsp3) is 0.467. The molecule has 3 rings (SSSR count). The quantitative estimate of drug-likeness (QED) is 0.837. The van der Waals surface area contributed by atoms with Crippen LogP contribution in [0.2, 0.25) is 0 Å². The fourth-order valence-electron chi connectivity index (χ4n) is 3.01. The molecule has 0 aromatic heterocycles. The van der Waals surface area contributed by atoms with Crippen molar-refractivity contribution in [2.24, 2.45) is 5.73 Å². The summed E-state index contributed by atoms with van der Waals surface area (Å²) in [4.78, 5) is 25.7. The van der Waals surface area contributed by atoms with Crippen LogP contribution in [0.4, 0.5) is 5.69 Å². The summed E-state index contributed by atoms with van der Waals surface area (Å²) in [6, 6.07) is 5.28. The molecule has 0 saturated carbocycles. The smallest absolute Gasteiger partial charge is 0.248 e. The van der Waals surface area contributed by atoms with Crippen molar-refractivity contribution in [1.29, 1.82) is 0 Å². The van der Waals surface area contributed by atoms with E-state index < -0.39 is 5.91 Å². The highest BCUT2D eigenvalue weighted by molar-refractivity contribution is 6.01. The van der Waals surface area contributed by atoms with Gasteiger partial charge in [0.25, 0.3) is 0 Å². The number of amides is 2. The zero-order valence-corrected chi connectivity index (χ0v) is 11.4. The van der Waals surface area contributed by atoms with Crippen LogP contribution in [0.15, 0.2) is 18.2 Å². The van der Waals surface area contributed by atoms with Gasteiger partial charge in [0.2, 0.25) is 11.8 Å². The van der Waals surface area contributed by atoms with Crippen molar-refractivity contribution in [3.8, 4) is 0 Å². The lowest BCUT2D eigenvalue weighted by Gasteiger charge is -2.27. The van der Waals surface area contributed by atoms with Crippen LogP contribution in [0.5, 0.6) is 0 Å². The molecule has 5 nitrogen and oxygen atoms in total. The highest BCUT2D eigenvalue weighted by Gasteiger charge is 2.31. The summed E-state index contributed by atoms with van der Waals surface area (Å²) >= 11 is 0. The lowest BCUT2D eigenvalue weighted by Crippen LogP contribution is -2.48. The standard InChI is InChI=1S/C15H19N3O2/c16-14(19)11-5-4-10-6-8-18(13(10)9-11)15(20)12-3-1-2-7-17-12/h4-5,9,12,17H,1-3,6-8H2,(H2,16,19)/t12-/m1/s1.